The summed E-state index contributed by atoms with van der Waals surface area (Å²) in [6.07, 6.45) is 1.33. The molecule has 0 unspecified atom stereocenters. The summed E-state index contributed by atoms with van der Waals surface area (Å²) in [5, 5.41) is 0.0722. The number of ether oxygens (including phenoxy) is 2. The molecule has 5 heteroatoms. The molecule has 0 saturated carbocycles. The summed E-state index contributed by atoms with van der Waals surface area (Å²) in [4.78, 5) is 12.8. The minimum absolute atomic E-state index is 0.0552. The Labute approximate surface area is 142 Å². The number of hydrogen-bond acceptors (Lipinski definition) is 4. The summed E-state index contributed by atoms with van der Waals surface area (Å²) in [6.45, 7) is 20.4. The van der Waals surface area contributed by atoms with Crippen LogP contribution in [0.15, 0.2) is 11.6 Å². The van der Waals surface area contributed by atoms with Crippen LogP contribution in [0.5, 0.6) is 0 Å². The standard InChI is InChI=1S/C18H34O4Si/c1-13(2)11-18(8)15(21-17(6,7)22-18)14(19)12-20-23(9,10)16(3,4)5/h11,15H,12H2,1-10H3/t15-,18+/m1/s1. The summed E-state index contributed by atoms with van der Waals surface area (Å²) < 4.78 is 18.0. The van der Waals surface area contributed by atoms with E-state index in [1.807, 2.05) is 40.7 Å². The average Bonchev–Trinajstić information content (AvgIpc) is 2.53. The Morgan fingerprint density at radius 2 is 1.74 bits per heavy atom. The molecule has 0 amide bonds. The number of allylic oxidation sites excluding steroid dienone is 1. The molecule has 0 aromatic heterocycles. The van der Waals surface area contributed by atoms with Crippen molar-refractivity contribution < 1.29 is 18.7 Å². The molecular weight excluding hydrogens is 308 g/mol. The number of Topliss-reactive ketones (excluding diaryl/α,β-unsaturated/α-hetero) is 1. The summed E-state index contributed by atoms with van der Waals surface area (Å²) >= 11 is 0. The number of ketones is 1. The summed E-state index contributed by atoms with van der Waals surface area (Å²) in [6, 6.07) is 0. The first-order valence-corrected chi connectivity index (χ1v) is 11.2. The third kappa shape index (κ3) is 4.99. The highest BCUT2D eigenvalue weighted by atomic mass is 28.4. The van der Waals surface area contributed by atoms with Crippen molar-refractivity contribution in [2.24, 2.45) is 0 Å². The zero-order valence-electron chi connectivity index (χ0n) is 16.5. The van der Waals surface area contributed by atoms with Gasteiger partial charge in [-0.15, -0.1) is 0 Å². The molecule has 1 heterocycles. The molecule has 1 saturated heterocycles. The first-order chi connectivity index (χ1) is 10.1. The fourth-order valence-electron chi connectivity index (χ4n) is 2.62. The molecule has 1 aliphatic rings. The van der Waals surface area contributed by atoms with Crippen LogP contribution >= 0.6 is 0 Å². The Balaban J connectivity index is 2.91. The normalized spacial score (nSPS) is 27.8. The summed E-state index contributed by atoms with van der Waals surface area (Å²) in [5.74, 6) is -0.835. The van der Waals surface area contributed by atoms with Gasteiger partial charge >= 0.3 is 0 Å². The molecular formula is C18H34O4Si. The predicted molar refractivity (Wildman–Crippen MR) is 96.0 cm³/mol. The zero-order valence-corrected chi connectivity index (χ0v) is 17.5. The van der Waals surface area contributed by atoms with Gasteiger partial charge < -0.3 is 13.9 Å². The molecule has 0 aromatic rings. The fourth-order valence-corrected chi connectivity index (χ4v) is 3.55. The lowest BCUT2D eigenvalue weighted by Crippen LogP contribution is -2.46. The van der Waals surface area contributed by atoms with Crippen LogP contribution in [0.3, 0.4) is 0 Å². The lowest BCUT2D eigenvalue weighted by molar-refractivity contribution is -0.159. The van der Waals surface area contributed by atoms with Gasteiger partial charge in [-0.25, -0.2) is 0 Å². The van der Waals surface area contributed by atoms with Crippen molar-refractivity contribution in [2.45, 2.75) is 91.0 Å². The predicted octanol–water partition coefficient (Wildman–Crippen LogP) is 4.45. The van der Waals surface area contributed by atoms with Gasteiger partial charge in [-0.3, -0.25) is 4.79 Å². The molecule has 0 aromatic carbocycles. The van der Waals surface area contributed by atoms with Crippen molar-refractivity contribution in [3.05, 3.63) is 11.6 Å². The van der Waals surface area contributed by atoms with E-state index < -0.39 is 25.8 Å². The van der Waals surface area contributed by atoms with Crippen LogP contribution < -0.4 is 0 Å². The minimum Gasteiger partial charge on any atom is -0.409 e. The second kappa shape index (κ2) is 6.43. The molecule has 0 aliphatic carbocycles. The smallest absolute Gasteiger partial charge is 0.192 e. The van der Waals surface area contributed by atoms with Gasteiger partial charge in [0.2, 0.25) is 0 Å². The Bertz CT molecular complexity index is 484. The van der Waals surface area contributed by atoms with E-state index in [0.29, 0.717) is 0 Å². The van der Waals surface area contributed by atoms with Crippen LogP contribution in [0.4, 0.5) is 0 Å². The lowest BCUT2D eigenvalue weighted by atomic mass is 9.94. The SMILES string of the molecule is CC(C)=C[C@]1(C)OC(C)(C)O[C@@H]1C(=O)CO[Si](C)(C)C(C)(C)C. The van der Waals surface area contributed by atoms with Crippen molar-refractivity contribution in [3.8, 4) is 0 Å². The maximum Gasteiger partial charge on any atom is 0.192 e. The molecule has 4 nitrogen and oxygen atoms in total. The molecule has 0 bridgehead atoms. The van der Waals surface area contributed by atoms with E-state index in [2.05, 4.69) is 33.9 Å². The van der Waals surface area contributed by atoms with Gasteiger partial charge in [0, 0.05) is 0 Å². The zero-order chi connectivity index (χ0) is 18.3. The van der Waals surface area contributed by atoms with Gasteiger partial charge in [0.1, 0.15) is 5.60 Å². The van der Waals surface area contributed by atoms with E-state index in [4.69, 9.17) is 13.9 Å². The minimum atomic E-state index is -1.97. The largest absolute Gasteiger partial charge is 0.409 e. The van der Waals surface area contributed by atoms with E-state index in [-0.39, 0.29) is 17.4 Å². The first-order valence-electron chi connectivity index (χ1n) is 8.30. The van der Waals surface area contributed by atoms with Gasteiger partial charge in [0.05, 0.1) is 6.61 Å². The Kier molecular flexibility index (Phi) is 5.74. The van der Waals surface area contributed by atoms with Gasteiger partial charge in [-0.05, 0) is 52.8 Å². The third-order valence-corrected chi connectivity index (χ3v) is 9.12. The van der Waals surface area contributed by atoms with Crippen LogP contribution in [0.1, 0.15) is 55.4 Å². The molecule has 2 atom stereocenters. The highest BCUT2D eigenvalue weighted by Gasteiger charge is 2.52. The summed E-state index contributed by atoms with van der Waals surface area (Å²) in [7, 11) is -1.97. The molecule has 134 valence electrons. The van der Waals surface area contributed by atoms with Gasteiger partial charge in [0.25, 0.3) is 0 Å². The van der Waals surface area contributed by atoms with Crippen molar-refractivity contribution >= 4 is 14.1 Å². The van der Waals surface area contributed by atoms with E-state index in [0.717, 1.165) is 5.57 Å². The Morgan fingerprint density at radius 3 is 2.17 bits per heavy atom. The first kappa shape index (κ1) is 20.6. The Hall–Kier alpha value is -0.493. The summed E-state index contributed by atoms with van der Waals surface area (Å²) in [5.41, 5.74) is 0.341. The lowest BCUT2D eigenvalue weighted by Gasteiger charge is -2.36. The van der Waals surface area contributed by atoms with Gasteiger partial charge in [-0.2, -0.15) is 0 Å². The second-order valence-electron chi connectivity index (χ2n) is 8.92. The maximum absolute atomic E-state index is 12.8. The highest BCUT2D eigenvalue weighted by molar-refractivity contribution is 6.74. The van der Waals surface area contributed by atoms with Gasteiger partial charge in [0.15, 0.2) is 26.0 Å². The molecule has 1 fully saturated rings. The fraction of sp³-hybridized carbons (Fsp3) is 0.833. The number of carbonyl (C=O) groups excluding carboxylic acids is 1. The molecule has 0 spiro atoms. The highest BCUT2D eigenvalue weighted by Crippen LogP contribution is 2.40. The van der Waals surface area contributed by atoms with E-state index in [1.165, 1.54) is 0 Å². The van der Waals surface area contributed by atoms with Crippen molar-refractivity contribution in [1.29, 1.82) is 0 Å². The van der Waals surface area contributed by atoms with Crippen LogP contribution in [-0.4, -0.2) is 38.2 Å². The van der Waals surface area contributed by atoms with Crippen LogP contribution in [0, 0.1) is 0 Å². The second-order valence-corrected chi connectivity index (χ2v) is 13.7. The van der Waals surface area contributed by atoms with Crippen molar-refractivity contribution in [2.75, 3.05) is 6.61 Å². The average molecular weight is 343 g/mol. The van der Waals surface area contributed by atoms with Crippen LogP contribution in [0.25, 0.3) is 0 Å². The molecule has 1 aliphatic heterocycles. The monoisotopic (exact) mass is 342 g/mol. The molecule has 0 N–H and O–H groups in total. The Morgan fingerprint density at radius 1 is 1.22 bits per heavy atom. The molecule has 23 heavy (non-hydrogen) atoms. The molecule has 1 rings (SSSR count). The van der Waals surface area contributed by atoms with Crippen LogP contribution in [0.2, 0.25) is 18.1 Å². The topological polar surface area (TPSA) is 44.8 Å². The maximum atomic E-state index is 12.8. The van der Waals surface area contributed by atoms with Crippen molar-refractivity contribution in [3.63, 3.8) is 0 Å². The molecule has 0 radical (unpaired) electrons. The van der Waals surface area contributed by atoms with Gasteiger partial charge in [-0.1, -0.05) is 32.4 Å². The van der Waals surface area contributed by atoms with E-state index >= 15 is 0 Å². The number of carbonyl (C=O) groups is 1. The quantitative estimate of drug-likeness (QED) is 0.547. The number of rotatable bonds is 5. The number of hydrogen-bond donors (Lipinski definition) is 0. The van der Waals surface area contributed by atoms with Crippen molar-refractivity contribution in [1.82, 2.24) is 0 Å². The van der Waals surface area contributed by atoms with E-state index in [1.54, 1.807) is 0 Å². The third-order valence-electron chi connectivity index (χ3n) is 4.64. The van der Waals surface area contributed by atoms with E-state index in [9.17, 15) is 4.79 Å². The van der Waals surface area contributed by atoms with Crippen LogP contribution in [-0.2, 0) is 18.7 Å².